The normalized spacial score (nSPS) is 11.3. The number of pyridine rings is 1. The van der Waals surface area contributed by atoms with Gasteiger partial charge in [-0.05, 0) is 30.7 Å². The van der Waals surface area contributed by atoms with Crippen LogP contribution in [0.5, 0.6) is 11.6 Å². The first-order chi connectivity index (χ1) is 13.7. The summed E-state index contributed by atoms with van der Waals surface area (Å²) >= 11 is 1.36. The van der Waals surface area contributed by atoms with Crippen LogP contribution in [0.4, 0.5) is 0 Å². The lowest BCUT2D eigenvalue weighted by molar-refractivity contribution is 0.282. The van der Waals surface area contributed by atoms with E-state index in [1.54, 1.807) is 16.6 Å². The Kier molecular flexibility index (Phi) is 3.91. The molecule has 0 saturated carbocycles. The van der Waals surface area contributed by atoms with Gasteiger partial charge in [-0.15, -0.1) is 10.2 Å². The highest BCUT2D eigenvalue weighted by molar-refractivity contribution is 7.19. The molecule has 0 saturated heterocycles. The smallest absolute Gasteiger partial charge is 0.235 e. The van der Waals surface area contributed by atoms with Crippen LogP contribution >= 0.6 is 11.3 Å². The molecule has 0 aliphatic carbocycles. The number of para-hydroxylation sites is 2. The van der Waals surface area contributed by atoms with E-state index in [9.17, 15) is 5.11 Å². The van der Waals surface area contributed by atoms with E-state index >= 15 is 0 Å². The number of hydrogen-bond donors (Lipinski definition) is 1. The van der Waals surface area contributed by atoms with Crippen molar-refractivity contribution < 1.29 is 9.84 Å². The third-order valence-electron chi connectivity index (χ3n) is 4.44. The van der Waals surface area contributed by atoms with E-state index in [2.05, 4.69) is 20.3 Å². The molecule has 3 heterocycles. The average molecular weight is 389 g/mol. The molecule has 8 heteroatoms. The molecule has 138 valence electrons. The molecular weight excluding hydrogens is 374 g/mol. The molecule has 0 unspecified atom stereocenters. The fourth-order valence-electron chi connectivity index (χ4n) is 3.04. The lowest BCUT2D eigenvalue weighted by Gasteiger charge is -2.07. The van der Waals surface area contributed by atoms with E-state index in [-0.39, 0.29) is 12.4 Å². The van der Waals surface area contributed by atoms with Crippen LogP contribution in [-0.2, 0) is 6.61 Å². The SMILES string of the molecule is Cc1cc(OCc2nnc3sc(-c4ccccc4O)nn23)nc2ccccc12. The molecule has 0 fully saturated rings. The zero-order chi connectivity index (χ0) is 19.1. The van der Waals surface area contributed by atoms with E-state index in [1.807, 2.05) is 49.4 Å². The summed E-state index contributed by atoms with van der Waals surface area (Å²) in [5.74, 6) is 1.28. The zero-order valence-electron chi connectivity index (χ0n) is 14.9. The molecule has 0 aliphatic rings. The minimum absolute atomic E-state index is 0.182. The van der Waals surface area contributed by atoms with Gasteiger partial charge in [0.05, 0.1) is 11.1 Å². The Bertz CT molecular complexity index is 1310. The number of rotatable bonds is 4. The van der Waals surface area contributed by atoms with Gasteiger partial charge in [0, 0.05) is 11.5 Å². The van der Waals surface area contributed by atoms with Crippen molar-refractivity contribution in [2.24, 2.45) is 0 Å². The van der Waals surface area contributed by atoms with Gasteiger partial charge in [-0.1, -0.05) is 41.7 Å². The van der Waals surface area contributed by atoms with Crippen molar-refractivity contribution in [3.05, 3.63) is 66.0 Å². The Morgan fingerprint density at radius 1 is 1.07 bits per heavy atom. The van der Waals surface area contributed by atoms with Gasteiger partial charge in [0.15, 0.2) is 17.4 Å². The molecule has 5 aromatic rings. The van der Waals surface area contributed by atoms with Gasteiger partial charge >= 0.3 is 0 Å². The number of phenols is 1. The van der Waals surface area contributed by atoms with Gasteiger partial charge in [0.2, 0.25) is 10.8 Å². The second-order valence-electron chi connectivity index (χ2n) is 6.32. The molecule has 1 N–H and O–H groups in total. The molecule has 28 heavy (non-hydrogen) atoms. The van der Waals surface area contributed by atoms with E-state index in [0.29, 0.717) is 27.2 Å². The summed E-state index contributed by atoms with van der Waals surface area (Å²) in [4.78, 5) is 5.19. The summed E-state index contributed by atoms with van der Waals surface area (Å²) in [5.41, 5.74) is 2.65. The molecule has 0 aliphatic heterocycles. The minimum atomic E-state index is 0.182. The van der Waals surface area contributed by atoms with Crippen molar-refractivity contribution >= 4 is 27.2 Å². The third-order valence-corrected chi connectivity index (χ3v) is 5.37. The Morgan fingerprint density at radius 2 is 1.89 bits per heavy atom. The summed E-state index contributed by atoms with van der Waals surface area (Å²) < 4.78 is 7.51. The molecule has 5 rings (SSSR count). The van der Waals surface area contributed by atoms with Crippen molar-refractivity contribution in [3.8, 4) is 22.2 Å². The van der Waals surface area contributed by atoms with E-state index < -0.39 is 0 Å². The molecule has 3 aromatic heterocycles. The number of hydrogen-bond acceptors (Lipinski definition) is 7. The summed E-state index contributed by atoms with van der Waals surface area (Å²) in [7, 11) is 0. The Hall–Kier alpha value is -3.52. The number of aryl methyl sites for hydroxylation is 1. The van der Waals surface area contributed by atoms with Crippen molar-refractivity contribution in [1.29, 1.82) is 0 Å². The van der Waals surface area contributed by atoms with Crippen molar-refractivity contribution in [2.75, 3.05) is 0 Å². The molecule has 0 amide bonds. The van der Waals surface area contributed by atoms with Crippen molar-refractivity contribution in [2.45, 2.75) is 13.5 Å². The van der Waals surface area contributed by atoms with Gasteiger partial charge in [-0.25, -0.2) is 4.98 Å². The van der Waals surface area contributed by atoms with E-state index in [0.717, 1.165) is 16.5 Å². The predicted molar refractivity (Wildman–Crippen MR) is 107 cm³/mol. The standard InChI is InChI=1S/C20H15N5O2S/c1-12-10-18(21-15-8-4-2-6-13(12)15)27-11-17-22-23-20-25(17)24-19(28-20)14-7-3-5-9-16(14)26/h2-10,26H,11H2,1H3. The maximum atomic E-state index is 10.0. The third kappa shape index (κ3) is 2.84. The summed E-state index contributed by atoms with van der Waals surface area (Å²) in [6.07, 6.45) is 0. The molecule has 0 spiro atoms. The van der Waals surface area contributed by atoms with Crippen LogP contribution in [0.3, 0.4) is 0 Å². The lowest BCUT2D eigenvalue weighted by atomic mass is 10.1. The first-order valence-corrected chi connectivity index (χ1v) is 9.49. The molecule has 2 aromatic carbocycles. The first kappa shape index (κ1) is 16.6. The Morgan fingerprint density at radius 3 is 2.79 bits per heavy atom. The number of fused-ring (bicyclic) bond motifs is 2. The first-order valence-electron chi connectivity index (χ1n) is 8.68. The van der Waals surface area contributed by atoms with Gasteiger partial charge in [-0.2, -0.15) is 9.61 Å². The van der Waals surface area contributed by atoms with Crippen LogP contribution in [-0.4, -0.2) is 29.9 Å². The van der Waals surface area contributed by atoms with Crippen LogP contribution in [0.25, 0.3) is 26.4 Å². The van der Waals surface area contributed by atoms with Crippen LogP contribution < -0.4 is 4.74 Å². The molecule has 0 bridgehead atoms. The van der Waals surface area contributed by atoms with Crippen LogP contribution in [0.1, 0.15) is 11.4 Å². The molecule has 0 atom stereocenters. The number of phenolic OH excluding ortho intramolecular Hbond substituents is 1. The highest BCUT2D eigenvalue weighted by atomic mass is 32.1. The van der Waals surface area contributed by atoms with Gasteiger partial charge in [0.25, 0.3) is 0 Å². The largest absolute Gasteiger partial charge is 0.507 e. The quantitative estimate of drug-likeness (QED) is 0.500. The maximum absolute atomic E-state index is 10.0. The molecule has 0 radical (unpaired) electrons. The van der Waals surface area contributed by atoms with Gasteiger partial charge in [-0.3, -0.25) is 0 Å². The number of benzene rings is 2. The highest BCUT2D eigenvalue weighted by Gasteiger charge is 2.15. The Balaban J connectivity index is 1.44. The maximum Gasteiger partial charge on any atom is 0.235 e. The van der Waals surface area contributed by atoms with E-state index in [4.69, 9.17) is 4.74 Å². The predicted octanol–water partition coefficient (Wildman–Crippen LogP) is 3.99. The number of nitrogens with zero attached hydrogens (tertiary/aromatic N) is 5. The minimum Gasteiger partial charge on any atom is -0.507 e. The number of ether oxygens (including phenoxy) is 1. The van der Waals surface area contributed by atoms with Crippen LogP contribution in [0.15, 0.2) is 54.6 Å². The monoisotopic (exact) mass is 389 g/mol. The second-order valence-corrected chi connectivity index (χ2v) is 7.27. The summed E-state index contributed by atoms with van der Waals surface area (Å²) in [5, 5.41) is 24.7. The fourth-order valence-corrected chi connectivity index (χ4v) is 3.93. The summed E-state index contributed by atoms with van der Waals surface area (Å²) in [6.45, 7) is 2.22. The van der Waals surface area contributed by atoms with Gasteiger partial charge in [0.1, 0.15) is 5.75 Å². The summed E-state index contributed by atoms with van der Waals surface area (Å²) in [6, 6.07) is 16.9. The highest BCUT2D eigenvalue weighted by Crippen LogP contribution is 2.32. The zero-order valence-corrected chi connectivity index (χ0v) is 15.7. The van der Waals surface area contributed by atoms with Gasteiger partial charge < -0.3 is 9.84 Å². The second kappa shape index (κ2) is 6.58. The van der Waals surface area contributed by atoms with E-state index in [1.165, 1.54) is 11.3 Å². The van der Waals surface area contributed by atoms with Crippen LogP contribution in [0.2, 0.25) is 0 Å². The number of aromatic hydroxyl groups is 1. The van der Waals surface area contributed by atoms with Crippen LogP contribution in [0, 0.1) is 6.92 Å². The lowest BCUT2D eigenvalue weighted by Crippen LogP contribution is -2.03. The fraction of sp³-hybridized carbons (Fsp3) is 0.100. The average Bonchev–Trinajstić information content (AvgIpc) is 3.28. The molecule has 7 nitrogen and oxygen atoms in total. The number of aromatic nitrogens is 5. The Labute approximate surface area is 163 Å². The van der Waals surface area contributed by atoms with Crippen molar-refractivity contribution in [1.82, 2.24) is 24.8 Å². The molecular formula is C20H15N5O2S. The van der Waals surface area contributed by atoms with Crippen molar-refractivity contribution in [3.63, 3.8) is 0 Å². The topological polar surface area (TPSA) is 85.4 Å².